The van der Waals surface area contributed by atoms with Crippen LogP contribution in [0.25, 0.3) is 0 Å². The Morgan fingerprint density at radius 1 is 0.864 bits per heavy atom. The maximum absolute atomic E-state index is 8.87. The van der Waals surface area contributed by atoms with Crippen LogP contribution < -0.4 is 0 Å². The molecule has 0 saturated heterocycles. The van der Waals surface area contributed by atoms with Crippen molar-refractivity contribution in [2.45, 2.75) is 81.1 Å². The molecule has 128 valence electrons. The molecule has 1 nitrogen and oxygen atoms in total. The summed E-state index contributed by atoms with van der Waals surface area (Å²) in [4.78, 5) is 0. The molecule has 0 radical (unpaired) electrons. The normalized spacial score (nSPS) is 15.4. The molecule has 0 aromatic carbocycles. The summed E-state index contributed by atoms with van der Waals surface area (Å²) in [6.07, 6.45) is 11.2. The third kappa shape index (κ3) is 10.00. The first kappa shape index (κ1) is 21.2. The molecule has 1 heteroatoms. The first-order valence-electron chi connectivity index (χ1n) is 8.60. The molecule has 0 atom stereocenters. The summed E-state index contributed by atoms with van der Waals surface area (Å²) >= 11 is 0. The van der Waals surface area contributed by atoms with Crippen LogP contribution in [-0.4, -0.2) is 11.7 Å². The molecule has 0 aromatic heterocycles. The van der Waals surface area contributed by atoms with E-state index in [-0.39, 0.29) is 17.4 Å². The largest absolute Gasteiger partial charge is 0.392 e. The Morgan fingerprint density at radius 2 is 1.41 bits per heavy atom. The predicted octanol–water partition coefficient (Wildman–Crippen LogP) is 6.45. The van der Waals surface area contributed by atoms with E-state index in [1.165, 1.54) is 16.7 Å². The van der Waals surface area contributed by atoms with Gasteiger partial charge in [-0.15, -0.1) is 0 Å². The van der Waals surface area contributed by atoms with Gasteiger partial charge in [-0.1, -0.05) is 69.6 Å². The molecule has 0 saturated carbocycles. The van der Waals surface area contributed by atoms with Crippen molar-refractivity contribution in [3.8, 4) is 0 Å². The fraction of sp³-hybridized carbons (Fsp3) is 0.714. The second-order valence-electron chi connectivity index (χ2n) is 8.41. The highest BCUT2D eigenvalue weighted by atomic mass is 16.2. The minimum absolute atomic E-state index is 0.160. The first-order chi connectivity index (χ1) is 9.98. The van der Waals surface area contributed by atoms with Crippen LogP contribution in [0.5, 0.6) is 0 Å². The average Bonchev–Trinajstić information content (AvgIpc) is 2.34. The minimum atomic E-state index is 0.160. The third-order valence-corrected chi connectivity index (χ3v) is 4.34. The molecule has 0 unspecified atom stereocenters. The van der Waals surface area contributed by atoms with E-state index in [9.17, 15) is 0 Å². The second kappa shape index (κ2) is 9.35. The number of allylic oxidation sites excluding steroid dienone is 5. The standard InChI is InChI=1S/C21H38O/c1-17(13-15-22)10-9-11-18(2)16-21(7,8)14-12-19(3)20(4,5)6/h12-13,16,22H,9-11,14-15H2,1-8H3/b17-13+,18-16+,19-12+. The van der Waals surface area contributed by atoms with Gasteiger partial charge < -0.3 is 5.11 Å². The fourth-order valence-corrected chi connectivity index (χ4v) is 2.42. The Bertz CT molecular complexity index is 414. The molecular formula is C21H38O. The van der Waals surface area contributed by atoms with Crippen LogP contribution >= 0.6 is 0 Å². The van der Waals surface area contributed by atoms with Crippen LogP contribution in [-0.2, 0) is 0 Å². The summed E-state index contributed by atoms with van der Waals surface area (Å²) in [6, 6.07) is 0. The summed E-state index contributed by atoms with van der Waals surface area (Å²) in [5.41, 5.74) is 4.72. The van der Waals surface area contributed by atoms with Gasteiger partial charge in [-0.05, 0) is 57.3 Å². The van der Waals surface area contributed by atoms with E-state index in [0.29, 0.717) is 0 Å². The van der Waals surface area contributed by atoms with E-state index >= 15 is 0 Å². The Kier molecular flexibility index (Phi) is 9.00. The molecule has 0 aliphatic heterocycles. The molecule has 0 heterocycles. The molecule has 0 aliphatic rings. The Morgan fingerprint density at radius 3 is 1.91 bits per heavy atom. The van der Waals surface area contributed by atoms with Crippen LogP contribution in [0.4, 0.5) is 0 Å². The fourth-order valence-electron chi connectivity index (χ4n) is 2.42. The lowest BCUT2D eigenvalue weighted by molar-refractivity contribution is 0.341. The Hall–Kier alpha value is -0.820. The summed E-state index contributed by atoms with van der Waals surface area (Å²) in [5.74, 6) is 0. The predicted molar refractivity (Wildman–Crippen MR) is 100 cm³/mol. The maximum atomic E-state index is 8.87. The third-order valence-electron chi connectivity index (χ3n) is 4.34. The lowest BCUT2D eigenvalue weighted by Crippen LogP contribution is -2.10. The monoisotopic (exact) mass is 306 g/mol. The van der Waals surface area contributed by atoms with E-state index in [4.69, 9.17) is 5.11 Å². The zero-order valence-corrected chi connectivity index (χ0v) is 16.2. The van der Waals surface area contributed by atoms with Gasteiger partial charge in [0, 0.05) is 0 Å². The van der Waals surface area contributed by atoms with Gasteiger partial charge >= 0.3 is 0 Å². The van der Waals surface area contributed by atoms with E-state index in [2.05, 4.69) is 67.5 Å². The van der Waals surface area contributed by atoms with E-state index in [1.54, 1.807) is 0 Å². The minimum Gasteiger partial charge on any atom is -0.392 e. The van der Waals surface area contributed by atoms with Crippen molar-refractivity contribution in [1.29, 1.82) is 0 Å². The molecule has 0 rings (SSSR count). The highest BCUT2D eigenvalue weighted by Crippen LogP contribution is 2.30. The van der Waals surface area contributed by atoms with Gasteiger partial charge in [0.25, 0.3) is 0 Å². The van der Waals surface area contributed by atoms with Crippen molar-refractivity contribution < 1.29 is 5.11 Å². The lowest BCUT2D eigenvalue weighted by Gasteiger charge is -2.24. The van der Waals surface area contributed by atoms with Gasteiger partial charge in [-0.25, -0.2) is 0 Å². The average molecular weight is 307 g/mol. The molecule has 22 heavy (non-hydrogen) atoms. The molecule has 0 bridgehead atoms. The number of aliphatic hydroxyl groups excluding tert-OH is 1. The molecular weight excluding hydrogens is 268 g/mol. The summed E-state index contributed by atoms with van der Waals surface area (Å²) in [6.45, 7) is 18.2. The zero-order chi connectivity index (χ0) is 17.4. The van der Waals surface area contributed by atoms with Gasteiger partial charge in [-0.3, -0.25) is 0 Å². The summed E-state index contributed by atoms with van der Waals surface area (Å²) in [5, 5.41) is 8.87. The molecule has 0 aromatic rings. The van der Waals surface area contributed by atoms with Crippen LogP contribution in [0, 0.1) is 10.8 Å². The van der Waals surface area contributed by atoms with Gasteiger partial charge in [0.1, 0.15) is 0 Å². The van der Waals surface area contributed by atoms with Gasteiger partial charge in [0.2, 0.25) is 0 Å². The number of aliphatic hydroxyl groups is 1. The first-order valence-corrected chi connectivity index (χ1v) is 8.60. The van der Waals surface area contributed by atoms with Gasteiger partial charge in [0.05, 0.1) is 6.61 Å². The van der Waals surface area contributed by atoms with Crippen molar-refractivity contribution in [3.05, 3.63) is 34.9 Å². The smallest absolute Gasteiger partial charge is 0.0614 e. The van der Waals surface area contributed by atoms with Crippen molar-refractivity contribution in [1.82, 2.24) is 0 Å². The molecule has 1 N–H and O–H groups in total. The zero-order valence-electron chi connectivity index (χ0n) is 16.2. The number of hydrogen-bond donors (Lipinski definition) is 1. The number of rotatable bonds is 8. The van der Waals surface area contributed by atoms with E-state index in [0.717, 1.165) is 25.7 Å². The van der Waals surface area contributed by atoms with Crippen molar-refractivity contribution >= 4 is 0 Å². The highest BCUT2D eigenvalue weighted by molar-refractivity contribution is 5.12. The SMILES string of the molecule is C/C(=C\CO)CCC/C(C)=C/C(C)(C)C/C=C(\C)C(C)(C)C. The van der Waals surface area contributed by atoms with Crippen LogP contribution in [0.1, 0.15) is 81.1 Å². The Balaban J connectivity index is 4.51. The lowest BCUT2D eigenvalue weighted by atomic mass is 9.82. The van der Waals surface area contributed by atoms with Crippen LogP contribution in [0.3, 0.4) is 0 Å². The van der Waals surface area contributed by atoms with Crippen molar-refractivity contribution in [3.63, 3.8) is 0 Å². The molecule has 0 spiro atoms. The molecule has 0 aliphatic carbocycles. The van der Waals surface area contributed by atoms with Crippen LogP contribution in [0.15, 0.2) is 34.9 Å². The topological polar surface area (TPSA) is 20.2 Å². The van der Waals surface area contributed by atoms with Crippen molar-refractivity contribution in [2.75, 3.05) is 6.61 Å². The molecule has 0 fully saturated rings. The summed E-state index contributed by atoms with van der Waals surface area (Å²) in [7, 11) is 0. The summed E-state index contributed by atoms with van der Waals surface area (Å²) < 4.78 is 0. The van der Waals surface area contributed by atoms with Gasteiger partial charge in [0.15, 0.2) is 0 Å². The van der Waals surface area contributed by atoms with E-state index in [1.807, 2.05) is 6.08 Å². The van der Waals surface area contributed by atoms with Gasteiger partial charge in [-0.2, -0.15) is 0 Å². The van der Waals surface area contributed by atoms with E-state index < -0.39 is 0 Å². The quantitative estimate of drug-likeness (QED) is 0.511. The number of hydrogen-bond acceptors (Lipinski definition) is 1. The van der Waals surface area contributed by atoms with Crippen molar-refractivity contribution in [2.24, 2.45) is 10.8 Å². The van der Waals surface area contributed by atoms with Crippen LogP contribution in [0.2, 0.25) is 0 Å². The second-order valence-corrected chi connectivity index (χ2v) is 8.41. The Labute approximate surface area is 139 Å². The maximum Gasteiger partial charge on any atom is 0.0614 e. The molecule has 0 amide bonds. The highest BCUT2D eigenvalue weighted by Gasteiger charge is 2.16.